The number of hydrogen-bond acceptors (Lipinski definition) is 2. The van der Waals surface area contributed by atoms with Gasteiger partial charge in [-0.1, -0.05) is 0 Å². The molecule has 0 fully saturated rings. The second-order valence-corrected chi connectivity index (χ2v) is 3.10. The van der Waals surface area contributed by atoms with Crippen LogP contribution in [-0.2, 0) is 9.53 Å². The smallest absolute Gasteiger partial charge is 0.417 e. The fraction of sp³-hybridized carbons (Fsp3) is 0.833. The van der Waals surface area contributed by atoms with Gasteiger partial charge in [-0.3, -0.25) is 0 Å². The van der Waals surface area contributed by atoms with E-state index in [9.17, 15) is 4.79 Å². The maximum atomic E-state index is 9.50. The molecule has 0 aromatic rings. The lowest BCUT2D eigenvalue weighted by molar-refractivity contribution is 0.269. The molecule has 10 heavy (non-hydrogen) atoms. The van der Waals surface area contributed by atoms with Crippen LogP contribution < -0.4 is 0 Å². The van der Waals surface area contributed by atoms with Crippen molar-refractivity contribution in [3.05, 3.63) is 0 Å². The highest BCUT2D eigenvalue weighted by molar-refractivity contribution is 6.44. The number of ether oxygens (including phenoxy) is 1. The summed E-state index contributed by atoms with van der Waals surface area (Å²) in [5, 5.41) is 0. The Balaban J connectivity index is 2.83. The molecule has 0 bridgehead atoms. The fourth-order valence-corrected chi connectivity index (χ4v) is 0.823. The Labute approximate surface area is 70.4 Å². The Morgan fingerprint density at radius 1 is 1.40 bits per heavy atom. The van der Waals surface area contributed by atoms with E-state index in [-0.39, 0.29) is 4.84 Å². The minimum atomic E-state index is -0.305. The fourth-order valence-electron chi connectivity index (χ4n) is 0.515. The van der Waals surface area contributed by atoms with Gasteiger partial charge in [0, 0.05) is 0 Å². The second-order valence-electron chi connectivity index (χ2n) is 1.82. The highest BCUT2D eigenvalue weighted by Gasteiger charge is 1.97. The molecular formula is C6H9Cl2O2. The number of rotatable bonds is 6. The first-order chi connectivity index (χ1) is 4.77. The van der Waals surface area contributed by atoms with Gasteiger partial charge in [-0.15, -0.1) is 23.2 Å². The normalized spacial score (nSPS) is 9.90. The standard InChI is InChI=1S/C6H9Cl2O2/c7-6(8)3-1-2-4-10-5-9/h6H,1-4H2. The van der Waals surface area contributed by atoms with E-state index < -0.39 is 0 Å². The third-order valence-corrected chi connectivity index (χ3v) is 1.41. The zero-order chi connectivity index (χ0) is 7.82. The van der Waals surface area contributed by atoms with Crippen molar-refractivity contribution in [3.8, 4) is 0 Å². The topological polar surface area (TPSA) is 26.3 Å². The van der Waals surface area contributed by atoms with Crippen molar-refractivity contribution in [1.29, 1.82) is 0 Å². The second kappa shape index (κ2) is 7.16. The Kier molecular flexibility index (Phi) is 7.20. The number of alkyl halides is 2. The van der Waals surface area contributed by atoms with E-state index in [1.807, 2.05) is 0 Å². The lowest BCUT2D eigenvalue weighted by Crippen LogP contribution is -1.93. The summed E-state index contributed by atoms with van der Waals surface area (Å²) in [5.41, 5.74) is 0. The summed E-state index contributed by atoms with van der Waals surface area (Å²) in [6, 6.07) is 0. The van der Waals surface area contributed by atoms with Crippen LogP contribution in [0.5, 0.6) is 0 Å². The molecule has 0 aromatic carbocycles. The minimum absolute atomic E-state index is 0.305. The van der Waals surface area contributed by atoms with Crippen LogP contribution in [-0.4, -0.2) is 17.9 Å². The van der Waals surface area contributed by atoms with Crippen LogP contribution in [0.3, 0.4) is 0 Å². The van der Waals surface area contributed by atoms with Crippen LogP contribution >= 0.6 is 23.2 Å². The first-order valence-corrected chi connectivity index (χ1v) is 3.91. The number of halogens is 2. The summed E-state index contributed by atoms with van der Waals surface area (Å²) < 4.78 is 4.32. The summed E-state index contributed by atoms with van der Waals surface area (Å²) in [7, 11) is 0. The lowest BCUT2D eigenvalue weighted by Gasteiger charge is -1.98. The van der Waals surface area contributed by atoms with Gasteiger partial charge < -0.3 is 4.74 Å². The molecule has 0 aliphatic rings. The summed E-state index contributed by atoms with van der Waals surface area (Å²) in [4.78, 5) is 9.20. The van der Waals surface area contributed by atoms with Crippen molar-refractivity contribution < 1.29 is 9.53 Å². The molecule has 0 atom stereocenters. The molecule has 4 heteroatoms. The molecule has 0 unspecified atom stereocenters. The van der Waals surface area contributed by atoms with E-state index >= 15 is 0 Å². The van der Waals surface area contributed by atoms with Gasteiger partial charge in [0.15, 0.2) is 0 Å². The molecular weight excluding hydrogens is 175 g/mol. The quantitative estimate of drug-likeness (QED) is 0.466. The maximum Gasteiger partial charge on any atom is 0.417 e. The molecule has 0 rings (SSSR count). The molecule has 59 valence electrons. The van der Waals surface area contributed by atoms with Gasteiger partial charge >= 0.3 is 6.47 Å². The van der Waals surface area contributed by atoms with Crippen molar-refractivity contribution >= 4 is 29.7 Å². The van der Waals surface area contributed by atoms with Crippen molar-refractivity contribution in [1.82, 2.24) is 0 Å². The molecule has 0 heterocycles. The van der Waals surface area contributed by atoms with E-state index in [0.29, 0.717) is 6.61 Å². The largest absolute Gasteiger partial charge is 0.457 e. The molecule has 0 aliphatic carbocycles. The molecule has 0 spiro atoms. The maximum absolute atomic E-state index is 9.50. The number of unbranched alkanes of at least 4 members (excludes halogenated alkanes) is 1. The third-order valence-electron chi connectivity index (χ3n) is 0.978. The van der Waals surface area contributed by atoms with E-state index in [1.54, 1.807) is 0 Å². The van der Waals surface area contributed by atoms with Crippen LogP contribution in [0.1, 0.15) is 19.3 Å². The van der Waals surface area contributed by atoms with E-state index in [1.165, 1.54) is 6.47 Å². The molecule has 0 saturated heterocycles. The molecule has 0 aliphatic heterocycles. The predicted octanol–water partition coefficient (Wildman–Crippen LogP) is 2.04. The average Bonchev–Trinajstić information content (AvgIpc) is 1.87. The minimum Gasteiger partial charge on any atom is -0.457 e. The van der Waals surface area contributed by atoms with Crippen molar-refractivity contribution in [2.45, 2.75) is 24.1 Å². The van der Waals surface area contributed by atoms with Gasteiger partial charge in [-0.05, 0) is 19.3 Å². The van der Waals surface area contributed by atoms with Crippen molar-refractivity contribution in [3.63, 3.8) is 0 Å². The van der Waals surface area contributed by atoms with Crippen molar-refractivity contribution in [2.24, 2.45) is 0 Å². The Morgan fingerprint density at radius 2 is 2.10 bits per heavy atom. The summed E-state index contributed by atoms with van der Waals surface area (Å²) in [5.74, 6) is 0. The number of hydrogen-bond donors (Lipinski definition) is 0. The van der Waals surface area contributed by atoms with Crippen LogP contribution in [0.4, 0.5) is 0 Å². The van der Waals surface area contributed by atoms with Gasteiger partial charge in [0.25, 0.3) is 0 Å². The Bertz CT molecular complexity index is 85.8. The van der Waals surface area contributed by atoms with Crippen molar-refractivity contribution in [2.75, 3.05) is 6.61 Å². The zero-order valence-corrected chi connectivity index (χ0v) is 6.99. The summed E-state index contributed by atoms with van der Waals surface area (Å²) in [6.45, 7) is 1.75. The van der Waals surface area contributed by atoms with E-state index in [4.69, 9.17) is 23.2 Å². The first kappa shape index (κ1) is 10.0. The molecule has 0 aromatic heterocycles. The molecule has 1 radical (unpaired) electrons. The summed E-state index contributed by atoms with van der Waals surface area (Å²) in [6.07, 6.45) is 2.41. The van der Waals surface area contributed by atoms with Gasteiger partial charge in [0.05, 0.1) is 6.61 Å². The average molecular weight is 184 g/mol. The van der Waals surface area contributed by atoms with Crippen LogP contribution in [0, 0.1) is 0 Å². The van der Waals surface area contributed by atoms with Gasteiger partial charge in [-0.2, -0.15) is 0 Å². The lowest BCUT2D eigenvalue weighted by atomic mass is 10.3. The highest BCUT2D eigenvalue weighted by Crippen LogP contribution is 2.10. The molecule has 0 amide bonds. The molecule has 0 saturated carbocycles. The van der Waals surface area contributed by atoms with E-state index in [0.717, 1.165) is 19.3 Å². The van der Waals surface area contributed by atoms with Gasteiger partial charge in [0.1, 0.15) is 4.84 Å². The van der Waals surface area contributed by atoms with Gasteiger partial charge in [-0.25, -0.2) is 4.79 Å². The van der Waals surface area contributed by atoms with Crippen LogP contribution in [0.25, 0.3) is 0 Å². The van der Waals surface area contributed by atoms with E-state index in [2.05, 4.69) is 4.74 Å². The predicted molar refractivity (Wildman–Crippen MR) is 41.0 cm³/mol. The monoisotopic (exact) mass is 183 g/mol. The van der Waals surface area contributed by atoms with Crippen LogP contribution in [0.2, 0.25) is 0 Å². The first-order valence-electron chi connectivity index (χ1n) is 3.04. The SMILES string of the molecule is O=[C]OCCCCC(Cl)Cl. The zero-order valence-electron chi connectivity index (χ0n) is 5.48. The molecule has 0 N–H and O–H groups in total. The summed E-state index contributed by atoms with van der Waals surface area (Å²) >= 11 is 10.9. The number of carbonyl (C=O) groups excluding carboxylic acids is 1. The third kappa shape index (κ3) is 8.05. The van der Waals surface area contributed by atoms with Crippen LogP contribution in [0.15, 0.2) is 0 Å². The molecule has 2 nitrogen and oxygen atoms in total. The Hall–Kier alpha value is 0.0500. The highest BCUT2D eigenvalue weighted by atomic mass is 35.5. The van der Waals surface area contributed by atoms with Gasteiger partial charge in [0.2, 0.25) is 0 Å². The Morgan fingerprint density at radius 3 is 2.60 bits per heavy atom.